The zero-order valence-corrected chi connectivity index (χ0v) is 10.4. The Morgan fingerprint density at radius 2 is 2.18 bits per heavy atom. The van der Waals surface area contributed by atoms with Crippen LogP contribution >= 0.6 is 0 Å². The van der Waals surface area contributed by atoms with Crippen molar-refractivity contribution < 1.29 is 9.53 Å². The van der Waals surface area contributed by atoms with Crippen molar-refractivity contribution in [3.63, 3.8) is 0 Å². The predicted octanol–water partition coefficient (Wildman–Crippen LogP) is 1.86. The molecule has 1 aromatic rings. The van der Waals surface area contributed by atoms with Crippen molar-refractivity contribution in [2.45, 2.75) is 19.3 Å². The summed E-state index contributed by atoms with van der Waals surface area (Å²) in [6.07, 6.45) is 0.991. The van der Waals surface area contributed by atoms with Crippen LogP contribution in [-0.4, -0.2) is 26.2 Å². The van der Waals surface area contributed by atoms with Crippen LogP contribution in [-0.2, 0) is 9.53 Å². The largest absolute Gasteiger partial charge is 0.469 e. The lowest BCUT2D eigenvalue weighted by atomic mass is 9.79. The maximum absolute atomic E-state index is 11.8. The van der Waals surface area contributed by atoms with Crippen LogP contribution in [0, 0.1) is 12.8 Å². The number of aryl methyl sites for hydroxylation is 1. The van der Waals surface area contributed by atoms with Gasteiger partial charge in [-0.2, -0.15) is 0 Å². The minimum absolute atomic E-state index is 0.0603. The highest BCUT2D eigenvalue weighted by Crippen LogP contribution is 2.32. The SMILES string of the molecule is COC(=O)[C@@H]1CNCC[C@@H]1c1ccccc1C. The number of carbonyl (C=O) groups excluding carboxylic acids is 1. The van der Waals surface area contributed by atoms with Crippen molar-refractivity contribution in [1.82, 2.24) is 5.32 Å². The summed E-state index contributed by atoms with van der Waals surface area (Å²) in [5.74, 6) is 0.116. The Balaban J connectivity index is 2.28. The van der Waals surface area contributed by atoms with E-state index in [4.69, 9.17) is 4.74 Å². The number of benzene rings is 1. The van der Waals surface area contributed by atoms with Gasteiger partial charge in [0.05, 0.1) is 13.0 Å². The van der Waals surface area contributed by atoms with E-state index < -0.39 is 0 Å². The van der Waals surface area contributed by atoms with E-state index in [1.165, 1.54) is 18.2 Å². The van der Waals surface area contributed by atoms with Gasteiger partial charge in [-0.1, -0.05) is 24.3 Å². The third-order valence-electron chi connectivity index (χ3n) is 3.57. The lowest BCUT2D eigenvalue weighted by molar-refractivity contribution is -0.146. The molecule has 0 saturated carbocycles. The molecule has 92 valence electrons. The Kier molecular flexibility index (Phi) is 3.79. The Morgan fingerprint density at radius 3 is 2.88 bits per heavy atom. The molecular formula is C14H19NO2. The van der Waals surface area contributed by atoms with Gasteiger partial charge in [0.2, 0.25) is 0 Å². The van der Waals surface area contributed by atoms with Crippen molar-refractivity contribution >= 4 is 5.97 Å². The fourth-order valence-electron chi connectivity index (χ4n) is 2.63. The number of piperidine rings is 1. The second kappa shape index (κ2) is 5.32. The molecule has 1 saturated heterocycles. The fraction of sp³-hybridized carbons (Fsp3) is 0.500. The molecule has 1 aliphatic heterocycles. The van der Waals surface area contributed by atoms with E-state index in [1.807, 2.05) is 12.1 Å². The summed E-state index contributed by atoms with van der Waals surface area (Å²) in [7, 11) is 1.46. The predicted molar refractivity (Wildman–Crippen MR) is 66.9 cm³/mol. The van der Waals surface area contributed by atoms with Crippen molar-refractivity contribution in [2.75, 3.05) is 20.2 Å². The number of methoxy groups -OCH3 is 1. The molecule has 0 radical (unpaired) electrons. The molecule has 0 amide bonds. The highest BCUT2D eigenvalue weighted by atomic mass is 16.5. The fourth-order valence-corrected chi connectivity index (χ4v) is 2.63. The number of esters is 1. The Hall–Kier alpha value is -1.35. The third-order valence-corrected chi connectivity index (χ3v) is 3.57. The maximum Gasteiger partial charge on any atom is 0.310 e. The molecule has 0 bridgehead atoms. The van der Waals surface area contributed by atoms with Crippen molar-refractivity contribution in [3.8, 4) is 0 Å². The van der Waals surface area contributed by atoms with Gasteiger partial charge in [-0.05, 0) is 36.9 Å². The van der Waals surface area contributed by atoms with Gasteiger partial charge >= 0.3 is 5.97 Å². The average Bonchev–Trinajstić information content (AvgIpc) is 2.38. The second-order valence-electron chi connectivity index (χ2n) is 4.59. The molecule has 0 aromatic heterocycles. The molecule has 3 nitrogen and oxygen atoms in total. The van der Waals surface area contributed by atoms with Gasteiger partial charge in [0.1, 0.15) is 0 Å². The van der Waals surface area contributed by atoms with Crippen LogP contribution in [0.3, 0.4) is 0 Å². The summed E-state index contributed by atoms with van der Waals surface area (Å²) in [5.41, 5.74) is 2.54. The lowest BCUT2D eigenvalue weighted by Crippen LogP contribution is -2.40. The maximum atomic E-state index is 11.8. The van der Waals surface area contributed by atoms with Gasteiger partial charge in [-0.15, -0.1) is 0 Å². The van der Waals surface area contributed by atoms with E-state index in [2.05, 4.69) is 24.4 Å². The second-order valence-corrected chi connectivity index (χ2v) is 4.59. The zero-order chi connectivity index (χ0) is 12.3. The first-order valence-corrected chi connectivity index (χ1v) is 6.08. The number of hydrogen-bond acceptors (Lipinski definition) is 3. The first-order chi connectivity index (χ1) is 8.24. The van der Waals surface area contributed by atoms with Crippen LogP contribution < -0.4 is 5.32 Å². The molecule has 1 aliphatic rings. The van der Waals surface area contributed by atoms with Crippen LogP contribution in [0.2, 0.25) is 0 Å². The summed E-state index contributed by atoms with van der Waals surface area (Å²) >= 11 is 0. The summed E-state index contributed by atoms with van der Waals surface area (Å²) in [5, 5.41) is 3.27. The molecule has 17 heavy (non-hydrogen) atoms. The lowest BCUT2D eigenvalue weighted by Gasteiger charge is -2.31. The molecule has 3 heteroatoms. The average molecular weight is 233 g/mol. The first kappa shape index (κ1) is 12.1. The molecule has 0 aliphatic carbocycles. The first-order valence-electron chi connectivity index (χ1n) is 6.08. The highest BCUT2D eigenvalue weighted by molar-refractivity contribution is 5.74. The van der Waals surface area contributed by atoms with Gasteiger partial charge in [-0.25, -0.2) is 0 Å². The van der Waals surface area contributed by atoms with Gasteiger partial charge in [0, 0.05) is 6.54 Å². The Bertz CT molecular complexity index is 403. The summed E-state index contributed by atoms with van der Waals surface area (Å²) in [6.45, 7) is 3.78. The standard InChI is InChI=1S/C14H19NO2/c1-10-5-3-4-6-11(10)12-7-8-15-9-13(12)14(16)17-2/h3-6,12-13,15H,7-9H2,1-2H3/t12-,13-/m1/s1. The highest BCUT2D eigenvalue weighted by Gasteiger charge is 2.33. The monoisotopic (exact) mass is 233 g/mol. The number of hydrogen-bond donors (Lipinski definition) is 1. The van der Waals surface area contributed by atoms with Crippen LogP contribution in [0.15, 0.2) is 24.3 Å². The molecule has 0 unspecified atom stereocenters. The van der Waals surface area contributed by atoms with Gasteiger partial charge in [-0.3, -0.25) is 4.79 Å². The van der Waals surface area contributed by atoms with Gasteiger partial charge in [0.15, 0.2) is 0 Å². The molecule has 1 fully saturated rings. The topological polar surface area (TPSA) is 38.3 Å². The Morgan fingerprint density at radius 1 is 1.41 bits per heavy atom. The number of nitrogens with one attached hydrogen (secondary N) is 1. The van der Waals surface area contributed by atoms with Crippen LogP contribution in [0.25, 0.3) is 0 Å². The Labute approximate surface area is 102 Å². The molecule has 1 N–H and O–H groups in total. The van der Waals surface area contributed by atoms with E-state index in [1.54, 1.807) is 0 Å². The van der Waals surface area contributed by atoms with Gasteiger partial charge in [0.25, 0.3) is 0 Å². The normalized spacial score (nSPS) is 24.4. The molecule has 0 spiro atoms. The van der Waals surface area contributed by atoms with E-state index >= 15 is 0 Å². The molecule has 1 heterocycles. The van der Waals surface area contributed by atoms with E-state index in [0.717, 1.165) is 13.0 Å². The van der Waals surface area contributed by atoms with Crippen LogP contribution in [0.1, 0.15) is 23.5 Å². The molecular weight excluding hydrogens is 214 g/mol. The number of carbonyl (C=O) groups is 1. The van der Waals surface area contributed by atoms with Crippen LogP contribution in [0.4, 0.5) is 0 Å². The quantitative estimate of drug-likeness (QED) is 0.792. The van der Waals surface area contributed by atoms with Gasteiger partial charge < -0.3 is 10.1 Å². The summed E-state index contributed by atoms with van der Waals surface area (Å²) in [6, 6.07) is 8.30. The smallest absolute Gasteiger partial charge is 0.310 e. The van der Waals surface area contributed by atoms with Crippen molar-refractivity contribution in [3.05, 3.63) is 35.4 Å². The zero-order valence-electron chi connectivity index (χ0n) is 10.4. The van der Waals surface area contributed by atoms with E-state index in [9.17, 15) is 4.79 Å². The van der Waals surface area contributed by atoms with Crippen LogP contribution in [0.5, 0.6) is 0 Å². The summed E-state index contributed by atoms with van der Waals surface area (Å²) < 4.78 is 4.90. The van der Waals surface area contributed by atoms with Crippen molar-refractivity contribution in [1.29, 1.82) is 0 Å². The van der Waals surface area contributed by atoms with Crippen molar-refractivity contribution in [2.24, 2.45) is 5.92 Å². The summed E-state index contributed by atoms with van der Waals surface area (Å²) in [4.78, 5) is 11.8. The molecule has 2 atom stereocenters. The molecule has 2 rings (SSSR count). The van der Waals surface area contributed by atoms with E-state index in [-0.39, 0.29) is 17.8 Å². The number of rotatable bonds is 2. The third kappa shape index (κ3) is 2.50. The minimum atomic E-state index is -0.106. The van der Waals surface area contributed by atoms with E-state index in [0.29, 0.717) is 6.54 Å². The molecule has 1 aromatic carbocycles. The number of ether oxygens (including phenoxy) is 1. The minimum Gasteiger partial charge on any atom is -0.469 e.